The lowest BCUT2D eigenvalue weighted by Crippen LogP contribution is -2.03. The van der Waals surface area contributed by atoms with E-state index in [4.69, 9.17) is 44.9 Å². The number of nitriles is 1. The summed E-state index contributed by atoms with van der Waals surface area (Å²) in [6.45, 7) is 0. The first-order valence-corrected chi connectivity index (χ1v) is 33.0. The summed E-state index contributed by atoms with van der Waals surface area (Å²) >= 11 is 0. The van der Waals surface area contributed by atoms with Crippen LogP contribution in [0.3, 0.4) is 0 Å². The van der Waals surface area contributed by atoms with Crippen LogP contribution in [-0.4, -0.2) is 54.0 Å². The Hall–Kier alpha value is -14.0. The Morgan fingerprint density at radius 3 is 0.840 bits per heavy atom. The van der Waals surface area contributed by atoms with E-state index in [1.165, 1.54) is 0 Å². The molecule has 13 aromatic carbocycles. The average Bonchev–Trinajstić information content (AvgIpc) is 1.56. The third-order valence-corrected chi connectivity index (χ3v) is 18.3. The predicted octanol–water partition coefficient (Wildman–Crippen LogP) is 20.6. The van der Waals surface area contributed by atoms with Crippen LogP contribution in [0.25, 0.3) is 180 Å². The van der Waals surface area contributed by atoms with Gasteiger partial charge in [-0.05, 0) is 90.5 Å². The van der Waals surface area contributed by atoms with Gasteiger partial charge in [-0.15, -0.1) is 0 Å². The van der Waals surface area contributed by atoms with Crippen LogP contribution in [0.4, 0.5) is 0 Å². The number of hydrogen-bond donors (Lipinski definition) is 0. The number of rotatable bonds is 13. The molecule has 12 nitrogen and oxygen atoms in total. The van der Waals surface area contributed by atoms with Crippen molar-refractivity contribution in [2.75, 3.05) is 0 Å². The first-order chi connectivity index (χ1) is 49.5. The molecule has 18 rings (SSSR count). The standard InChI is InChI=1S/C88H54N12/c89-55-66-37-19-20-38-67(66)71-51-62(43-47-77(71)100-75-42-24-22-40-69(75)73-54-65(46-50-79(73)100)88-97-84(60-33-15-5-16-34-60)92-85(98-88)61-35-17-6-18-36-61)70-52-63(86-93-80(56-25-7-1-8-26-56)90-81(94-86)57-27-9-2-10-28-57)44-48-76(70)99-74-41-23-21-39-68(74)72-53-64(45-49-78(72)99)87-95-82(58-29-11-3-12-30-58)91-83(96-87)59-31-13-4-14-32-59/h1-54H. The number of aromatic nitrogens is 11. The summed E-state index contributed by atoms with van der Waals surface area (Å²) in [7, 11) is 0. The van der Waals surface area contributed by atoms with Gasteiger partial charge in [0.15, 0.2) is 52.4 Å². The lowest BCUT2D eigenvalue weighted by atomic mass is 9.93. The largest absolute Gasteiger partial charge is 0.309 e. The molecule has 0 atom stereocenters. The number of nitrogens with zero attached hydrogens (tertiary/aromatic N) is 12. The summed E-state index contributed by atoms with van der Waals surface area (Å²) in [6, 6.07) is 114. The molecule has 5 heterocycles. The molecule has 466 valence electrons. The van der Waals surface area contributed by atoms with Crippen molar-refractivity contribution in [2.45, 2.75) is 0 Å². The highest BCUT2D eigenvalue weighted by Crippen LogP contribution is 2.45. The van der Waals surface area contributed by atoms with Gasteiger partial charge in [-0.25, -0.2) is 44.9 Å². The van der Waals surface area contributed by atoms with E-state index in [1.807, 2.05) is 206 Å². The van der Waals surface area contributed by atoms with Gasteiger partial charge in [0.05, 0.1) is 45.1 Å². The summed E-state index contributed by atoms with van der Waals surface area (Å²) in [6.07, 6.45) is 0. The number of para-hydroxylation sites is 2. The van der Waals surface area contributed by atoms with Gasteiger partial charge in [0.2, 0.25) is 0 Å². The Balaban J connectivity index is 0.858. The van der Waals surface area contributed by atoms with Crippen LogP contribution in [0.5, 0.6) is 0 Å². The van der Waals surface area contributed by atoms with E-state index in [1.54, 1.807) is 0 Å². The van der Waals surface area contributed by atoms with Gasteiger partial charge in [0.25, 0.3) is 0 Å². The molecule has 0 aliphatic carbocycles. The van der Waals surface area contributed by atoms with E-state index in [-0.39, 0.29) is 0 Å². The molecule has 0 aliphatic heterocycles. The molecule has 0 radical (unpaired) electrons. The van der Waals surface area contributed by atoms with E-state index in [2.05, 4.69) is 137 Å². The molecule has 5 aromatic heterocycles. The highest BCUT2D eigenvalue weighted by molar-refractivity contribution is 6.12. The molecule has 0 fully saturated rings. The molecule has 0 saturated carbocycles. The van der Waals surface area contributed by atoms with Gasteiger partial charge in [0, 0.05) is 88.3 Å². The van der Waals surface area contributed by atoms with Crippen molar-refractivity contribution in [2.24, 2.45) is 0 Å². The summed E-state index contributed by atoms with van der Waals surface area (Å²) in [5.41, 5.74) is 17.4. The molecule has 0 N–H and O–H groups in total. The second-order valence-electron chi connectivity index (χ2n) is 24.4. The minimum absolute atomic E-state index is 0.510. The number of benzene rings is 13. The fraction of sp³-hybridized carbons (Fsp3) is 0. The zero-order valence-corrected chi connectivity index (χ0v) is 53.5. The highest BCUT2D eigenvalue weighted by atomic mass is 15.1. The fourth-order valence-corrected chi connectivity index (χ4v) is 13.6. The van der Waals surface area contributed by atoms with Gasteiger partial charge in [-0.2, -0.15) is 5.26 Å². The maximum atomic E-state index is 11.1. The Morgan fingerprint density at radius 1 is 0.200 bits per heavy atom. The quantitative estimate of drug-likeness (QED) is 0.109. The minimum atomic E-state index is 0.510. The topological polar surface area (TPSA) is 150 Å². The smallest absolute Gasteiger partial charge is 0.164 e. The van der Waals surface area contributed by atoms with Crippen molar-refractivity contribution in [1.29, 1.82) is 5.26 Å². The van der Waals surface area contributed by atoms with Crippen molar-refractivity contribution < 1.29 is 0 Å². The monoisotopic (exact) mass is 1280 g/mol. The molecule has 0 bridgehead atoms. The van der Waals surface area contributed by atoms with Crippen LogP contribution in [-0.2, 0) is 0 Å². The van der Waals surface area contributed by atoms with Crippen molar-refractivity contribution in [3.63, 3.8) is 0 Å². The van der Waals surface area contributed by atoms with Crippen molar-refractivity contribution >= 4 is 43.6 Å². The first kappa shape index (κ1) is 58.5. The number of fused-ring (bicyclic) bond motifs is 6. The number of hydrogen-bond acceptors (Lipinski definition) is 10. The first-order valence-electron chi connectivity index (χ1n) is 33.0. The molecule has 12 heteroatoms. The fourth-order valence-electron chi connectivity index (χ4n) is 13.6. The van der Waals surface area contributed by atoms with E-state index >= 15 is 0 Å². The zero-order chi connectivity index (χ0) is 66.5. The molecular weight excluding hydrogens is 1230 g/mol. The lowest BCUT2D eigenvalue weighted by Gasteiger charge is -2.20. The van der Waals surface area contributed by atoms with Gasteiger partial charge >= 0.3 is 0 Å². The van der Waals surface area contributed by atoms with Gasteiger partial charge in [-0.1, -0.05) is 243 Å². The molecule has 0 saturated heterocycles. The lowest BCUT2D eigenvalue weighted by molar-refractivity contribution is 1.07. The average molecular weight is 1280 g/mol. The Labute approximate surface area is 574 Å². The summed E-state index contributed by atoms with van der Waals surface area (Å²) in [4.78, 5) is 46.3. The predicted molar refractivity (Wildman–Crippen MR) is 400 cm³/mol. The Kier molecular flexibility index (Phi) is 14.6. The minimum Gasteiger partial charge on any atom is -0.309 e. The molecular formula is C88H54N12. The summed E-state index contributed by atoms with van der Waals surface area (Å²) < 4.78 is 4.67. The van der Waals surface area contributed by atoms with Crippen molar-refractivity contribution in [3.8, 4) is 142 Å². The molecule has 0 spiro atoms. The molecule has 0 amide bonds. The van der Waals surface area contributed by atoms with Crippen LogP contribution in [0.15, 0.2) is 328 Å². The summed E-state index contributed by atoms with van der Waals surface area (Å²) in [5.74, 6) is 5.08. The molecule has 0 aliphatic rings. The van der Waals surface area contributed by atoms with Crippen LogP contribution < -0.4 is 0 Å². The van der Waals surface area contributed by atoms with Gasteiger partial charge < -0.3 is 9.13 Å². The van der Waals surface area contributed by atoms with E-state index in [0.717, 1.165) is 127 Å². The Bertz CT molecular complexity index is 6040. The van der Waals surface area contributed by atoms with E-state index in [0.29, 0.717) is 58.0 Å². The van der Waals surface area contributed by atoms with Crippen LogP contribution in [0, 0.1) is 11.3 Å². The molecule has 18 aromatic rings. The zero-order valence-electron chi connectivity index (χ0n) is 53.5. The molecule has 0 unspecified atom stereocenters. The third kappa shape index (κ3) is 10.7. The maximum Gasteiger partial charge on any atom is 0.164 e. The summed E-state index contributed by atoms with van der Waals surface area (Å²) in [5, 5.41) is 15.2. The SMILES string of the molecule is N#Cc1ccccc1-c1cc(-c2cc(-c3nc(-c4ccccc4)nc(-c4ccccc4)n3)ccc2-n2c3ccccc3c3cc(-c4nc(-c5ccccc5)nc(-c5ccccc5)n4)ccc32)ccc1-n1c2ccccc2c2cc(-c3nc(-c4ccccc4)nc(-c4ccccc4)n3)ccc21. The normalized spacial score (nSPS) is 11.4. The van der Waals surface area contributed by atoms with Gasteiger partial charge in [0.1, 0.15) is 0 Å². The molecule has 100 heavy (non-hydrogen) atoms. The maximum absolute atomic E-state index is 11.1. The van der Waals surface area contributed by atoms with Crippen molar-refractivity contribution in [1.82, 2.24) is 54.0 Å². The van der Waals surface area contributed by atoms with Crippen LogP contribution >= 0.6 is 0 Å². The second kappa shape index (κ2) is 25.0. The Morgan fingerprint density at radius 2 is 0.470 bits per heavy atom. The van der Waals surface area contributed by atoms with Crippen LogP contribution in [0.1, 0.15) is 5.56 Å². The third-order valence-electron chi connectivity index (χ3n) is 18.3. The second-order valence-corrected chi connectivity index (χ2v) is 24.4. The van der Waals surface area contributed by atoms with E-state index in [9.17, 15) is 5.26 Å². The van der Waals surface area contributed by atoms with Crippen molar-refractivity contribution in [3.05, 3.63) is 333 Å². The van der Waals surface area contributed by atoms with E-state index < -0.39 is 0 Å². The van der Waals surface area contributed by atoms with Crippen LogP contribution in [0.2, 0.25) is 0 Å². The van der Waals surface area contributed by atoms with Gasteiger partial charge in [-0.3, -0.25) is 0 Å². The highest BCUT2D eigenvalue weighted by Gasteiger charge is 2.25.